The normalized spacial score (nSPS) is 11.5. The van der Waals surface area contributed by atoms with Gasteiger partial charge in [-0.3, -0.25) is 10.1 Å². The van der Waals surface area contributed by atoms with Crippen LogP contribution >= 0.6 is 0 Å². The first-order valence-corrected chi connectivity index (χ1v) is 5.75. The molecule has 1 rings (SSSR count). The number of rotatable bonds is 6. The highest BCUT2D eigenvalue weighted by molar-refractivity contribution is 5.59. The largest absolute Gasteiger partial charge is 0.490 e. The van der Waals surface area contributed by atoms with Crippen LogP contribution in [0.25, 0.3) is 0 Å². The van der Waals surface area contributed by atoms with Gasteiger partial charge in [-0.05, 0) is 6.42 Å². The van der Waals surface area contributed by atoms with E-state index in [9.17, 15) is 14.5 Å². The molecule has 5 nitrogen and oxygen atoms in total. The number of nitrogens with one attached hydrogen (secondary N) is 1. The van der Waals surface area contributed by atoms with Crippen molar-refractivity contribution < 1.29 is 14.1 Å². The van der Waals surface area contributed by atoms with Gasteiger partial charge in [0.05, 0.1) is 23.8 Å². The summed E-state index contributed by atoms with van der Waals surface area (Å²) >= 11 is 0. The molecule has 0 aliphatic rings. The molecule has 0 heterocycles. The zero-order valence-electron chi connectivity index (χ0n) is 10.8. The van der Waals surface area contributed by atoms with Gasteiger partial charge in [0.15, 0.2) is 11.6 Å². The molecule has 19 heavy (non-hydrogen) atoms. The van der Waals surface area contributed by atoms with Crippen molar-refractivity contribution >= 4 is 11.4 Å². The third-order valence-electron chi connectivity index (χ3n) is 2.68. The number of methoxy groups -OCH3 is 1. The van der Waals surface area contributed by atoms with Crippen molar-refractivity contribution in [2.45, 2.75) is 25.8 Å². The lowest BCUT2D eigenvalue weighted by Gasteiger charge is -2.16. The fourth-order valence-corrected chi connectivity index (χ4v) is 1.62. The predicted molar refractivity (Wildman–Crippen MR) is 70.8 cm³/mol. The molecule has 0 radical (unpaired) electrons. The average molecular weight is 266 g/mol. The van der Waals surface area contributed by atoms with Crippen LogP contribution in [0.2, 0.25) is 0 Å². The maximum Gasteiger partial charge on any atom is 0.313 e. The molecule has 0 saturated heterocycles. The van der Waals surface area contributed by atoms with Crippen molar-refractivity contribution in [1.29, 1.82) is 0 Å². The van der Waals surface area contributed by atoms with Crippen molar-refractivity contribution in [1.82, 2.24) is 0 Å². The minimum Gasteiger partial charge on any atom is -0.490 e. The van der Waals surface area contributed by atoms with Gasteiger partial charge in [-0.1, -0.05) is 6.92 Å². The van der Waals surface area contributed by atoms with E-state index in [1.54, 1.807) is 0 Å². The number of hydrogen-bond acceptors (Lipinski definition) is 4. The van der Waals surface area contributed by atoms with E-state index < -0.39 is 16.4 Å². The summed E-state index contributed by atoms with van der Waals surface area (Å²) in [6.07, 6.45) is 6.37. The SMILES string of the molecule is C#CCC(CC)Nc1cc(OC)c([N+](=O)[O-])cc1F. The smallest absolute Gasteiger partial charge is 0.313 e. The fourth-order valence-electron chi connectivity index (χ4n) is 1.62. The molecule has 1 aromatic rings. The van der Waals surface area contributed by atoms with Crippen LogP contribution in [0.15, 0.2) is 12.1 Å². The lowest BCUT2D eigenvalue weighted by atomic mass is 10.1. The first kappa shape index (κ1) is 14.8. The molecule has 1 atom stereocenters. The van der Waals surface area contributed by atoms with Gasteiger partial charge in [0.2, 0.25) is 0 Å². The van der Waals surface area contributed by atoms with E-state index in [1.807, 2.05) is 6.92 Å². The molecule has 1 aromatic carbocycles. The lowest BCUT2D eigenvalue weighted by molar-refractivity contribution is -0.385. The summed E-state index contributed by atoms with van der Waals surface area (Å²) in [6, 6.07) is 2.02. The summed E-state index contributed by atoms with van der Waals surface area (Å²) < 4.78 is 18.7. The average Bonchev–Trinajstić information content (AvgIpc) is 2.39. The number of terminal acetylenes is 1. The lowest BCUT2D eigenvalue weighted by Crippen LogP contribution is -2.18. The maximum atomic E-state index is 13.8. The summed E-state index contributed by atoms with van der Waals surface area (Å²) in [5, 5.41) is 13.7. The number of anilines is 1. The van der Waals surface area contributed by atoms with Gasteiger partial charge < -0.3 is 10.1 Å². The maximum absolute atomic E-state index is 13.8. The molecule has 0 amide bonds. The highest BCUT2D eigenvalue weighted by atomic mass is 19.1. The highest BCUT2D eigenvalue weighted by Crippen LogP contribution is 2.32. The summed E-state index contributed by atoms with van der Waals surface area (Å²) in [5.74, 6) is 1.79. The Morgan fingerprint density at radius 1 is 1.63 bits per heavy atom. The second-order valence-corrected chi connectivity index (χ2v) is 3.92. The van der Waals surface area contributed by atoms with Crippen LogP contribution in [0.5, 0.6) is 5.75 Å². The Labute approximate surface area is 110 Å². The van der Waals surface area contributed by atoms with Gasteiger partial charge in [0.1, 0.15) is 0 Å². The van der Waals surface area contributed by atoms with E-state index in [2.05, 4.69) is 11.2 Å². The first-order valence-electron chi connectivity index (χ1n) is 5.75. The van der Waals surface area contributed by atoms with Crippen molar-refractivity contribution in [3.63, 3.8) is 0 Å². The third-order valence-corrected chi connectivity index (χ3v) is 2.68. The van der Waals surface area contributed by atoms with Crippen LogP contribution in [0.1, 0.15) is 19.8 Å². The Hall–Kier alpha value is -2.29. The molecule has 0 saturated carbocycles. The molecule has 0 spiro atoms. The second kappa shape index (κ2) is 6.59. The Bertz CT molecular complexity index is 511. The van der Waals surface area contributed by atoms with Gasteiger partial charge in [0, 0.05) is 18.5 Å². The molecule has 102 valence electrons. The van der Waals surface area contributed by atoms with Crippen LogP contribution in [0.3, 0.4) is 0 Å². The summed E-state index contributed by atoms with van der Waals surface area (Å²) in [5.41, 5.74) is -0.264. The molecule has 0 aromatic heterocycles. The molecule has 0 bridgehead atoms. The third kappa shape index (κ3) is 3.58. The number of ether oxygens (including phenoxy) is 1. The van der Waals surface area contributed by atoms with Gasteiger partial charge in [-0.15, -0.1) is 12.3 Å². The molecule has 1 N–H and O–H groups in total. The standard InChI is InChI=1S/C13H15FN2O3/c1-4-6-9(5-2)15-11-8-13(19-3)12(16(17)18)7-10(11)14/h1,7-9,15H,5-6H2,2-3H3. The molecule has 6 heteroatoms. The van der Waals surface area contributed by atoms with Crippen molar-refractivity contribution in [2.75, 3.05) is 12.4 Å². The van der Waals surface area contributed by atoms with Crippen molar-refractivity contribution in [3.05, 3.63) is 28.1 Å². The fraction of sp³-hybridized carbons (Fsp3) is 0.385. The monoisotopic (exact) mass is 266 g/mol. The van der Waals surface area contributed by atoms with Crippen molar-refractivity contribution in [2.24, 2.45) is 0 Å². The highest BCUT2D eigenvalue weighted by Gasteiger charge is 2.20. The van der Waals surface area contributed by atoms with Gasteiger partial charge in [0.25, 0.3) is 0 Å². The first-order chi connectivity index (χ1) is 9.03. The zero-order chi connectivity index (χ0) is 14.4. The number of halogens is 1. The Morgan fingerprint density at radius 2 is 2.32 bits per heavy atom. The minimum atomic E-state index is -0.706. The van der Waals surface area contributed by atoms with E-state index in [-0.39, 0.29) is 17.5 Å². The van der Waals surface area contributed by atoms with E-state index in [0.29, 0.717) is 12.8 Å². The number of nitrogens with zero attached hydrogens (tertiary/aromatic N) is 1. The van der Waals surface area contributed by atoms with Crippen LogP contribution in [0.4, 0.5) is 15.8 Å². The second-order valence-electron chi connectivity index (χ2n) is 3.92. The zero-order valence-corrected chi connectivity index (χ0v) is 10.8. The van der Waals surface area contributed by atoms with E-state index >= 15 is 0 Å². The van der Waals surface area contributed by atoms with Crippen LogP contribution in [-0.4, -0.2) is 18.1 Å². The molecule has 0 aliphatic carbocycles. The number of nitro benzene ring substituents is 1. The number of nitro groups is 1. The molecular formula is C13H15FN2O3. The van der Waals surface area contributed by atoms with Gasteiger partial charge in [-0.2, -0.15) is 0 Å². The summed E-state index contributed by atoms with van der Waals surface area (Å²) in [4.78, 5) is 10.0. The molecular weight excluding hydrogens is 251 g/mol. The quantitative estimate of drug-likeness (QED) is 0.488. The van der Waals surface area contributed by atoms with Crippen molar-refractivity contribution in [3.8, 4) is 18.1 Å². The molecule has 1 unspecified atom stereocenters. The molecule has 0 aliphatic heterocycles. The van der Waals surface area contributed by atoms with E-state index in [4.69, 9.17) is 11.2 Å². The predicted octanol–water partition coefficient (Wildman–Crippen LogP) is 2.96. The van der Waals surface area contributed by atoms with Gasteiger partial charge >= 0.3 is 5.69 Å². The van der Waals surface area contributed by atoms with Gasteiger partial charge in [-0.25, -0.2) is 4.39 Å². The summed E-state index contributed by atoms with van der Waals surface area (Å²) in [6.45, 7) is 1.91. The molecule has 0 fully saturated rings. The van der Waals surface area contributed by atoms with E-state index in [0.717, 1.165) is 6.07 Å². The van der Waals surface area contributed by atoms with E-state index in [1.165, 1.54) is 13.2 Å². The number of benzene rings is 1. The Morgan fingerprint density at radius 3 is 2.79 bits per heavy atom. The summed E-state index contributed by atoms with van der Waals surface area (Å²) in [7, 11) is 1.29. The Balaban J connectivity index is 3.09. The number of hydrogen-bond donors (Lipinski definition) is 1. The minimum absolute atomic E-state index is 0.00413. The Kier molecular flexibility index (Phi) is 5.12. The van der Waals surface area contributed by atoms with Crippen LogP contribution in [0, 0.1) is 28.3 Å². The van der Waals surface area contributed by atoms with Crippen LogP contribution in [-0.2, 0) is 0 Å². The topological polar surface area (TPSA) is 64.4 Å². The van der Waals surface area contributed by atoms with Crippen LogP contribution < -0.4 is 10.1 Å².